The van der Waals surface area contributed by atoms with Gasteiger partial charge in [0.2, 0.25) is 5.88 Å². The molecule has 10 rings (SSSR count). The minimum Gasteiger partial charge on any atom is -0.476 e. The Kier molecular flexibility index (Phi) is 12.4. The van der Waals surface area contributed by atoms with Crippen molar-refractivity contribution in [2.75, 3.05) is 93.8 Å². The van der Waals surface area contributed by atoms with Gasteiger partial charge in [0.15, 0.2) is 0 Å². The molecule has 4 aliphatic heterocycles. The van der Waals surface area contributed by atoms with Crippen LogP contribution < -0.4 is 24.6 Å². The van der Waals surface area contributed by atoms with Crippen molar-refractivity contribution < 1.29 is 27.6 Å². The van der Waals surface area contributed by atoms with E-state index in [0.29, 0.717) is 79.9 Å². The number of carbonyl (C=O) groups excluding carboxylic acids is 1. The second-order valence-electron chi connectivity index (χ2n) is 19.1. The third kappa shape index (κ3) is 9.57. The number of nitro groups is 1. The summed E-state index contributed by atoms with van der Waals surface area (Å²) in [7, 11) is -4.59. The highest BCUT2D eigenvalue weighted by atomic mass is 35.5. The van der Waals surface area contributed by atoms with Gasteiger partial charge in [-0.25, -0.2) is 13.1 Å². The van der Waals surface area contributed by atoms with Gasteiger partial charge in [-0.05, 0) is 103 Å². The van der Waals surface area contributed by atoms with E-state index in [-0.39, 0.29) is 27.6 Å². The molecule has 67 heavy (non-hydrogen) atoms. The lowest BCUT2D eigenvalue weighted by atomic mass is 9.72. The van der Waals surface area contributed by atoms with Gasteiger partial charge in [0.25, 0.3) is 21.6 Å². The number of H-pyrrole nitrogens is 1. The van der Waals surface area contributed by atoms with Gasteiger partial charge in [-0.3, -0.25) is 24.7 Å². The Morgan fingerprint density at radius 2 is 1.75 bits per heavy atom. The fourth-order valence-electron chi connectivity index (χ4n) is 10.3. The summed E-state index contributed by atoms with van der Waals surface area (Å²) < 4.78 is 42.3. The molecule has 6 heterocycles. The number of pyridine rings is 1. The topological polar surface area (TPSA) is 179 Å². The molecule has 2 aromatic heterocycles. The number of aromatic nitrogens is 2. The summed E-state index contributed by atoms with van der Waals surface area (Å²) >= 11 is 6.28. The maximum atomic E-state index is 14.5. The lowest BCUT2D eigenvalue weighted by Gasteiger charge is -2.39. The quantitative estimate of drug-likeness (QED) is 0.0871. The molecule has 1 atom stereocenters. The Morgan fingerprint density at radius 3 is 2.52 bits per heavy atom. The summed E-state index contributed by atoms with van der Waals surface area (Å²) in [6, 6.07) is 19.9. The number of aromatic amines is 1. The van der Waals surface area contributed by atoms with E-state index in [1.54, 1.807) is 12.3 Å². The molecule has 0 spiro atoms. The molecule has 352 valence electrons. The first-order valence-electron chi connectivity index (χ1n) is 23.2. The van der Waals surface area contributed by atoms with Crippen molar-refractivity contribution in [3.8, 4) is 5.88 Å². The van der Waals surface area contributed by atoms with Crippen molar-refractivity contribution >= 4 is 72.6 Å². The molecule has 1 aliphatic carbocycles. The van der Waals surface area contributed by atoms with E-state index in [1.165, 1.54) is 22.8 Å². The van der Waals surface area contributed by atoms with Crippen molar-refractivity contribution in [1.82, 2.24) is 24.5 Å². The van der Waals surface area contributed by atoms with Crippen LogP contribution in [0.15, 0.2) is 83.4 Å². The van der Waals surface area contributed by atoms with Gasteiger partial charge in [0.1, 0.15) is 17.0 Å². The number of rotatable bonds is 11. The van der Waals surface area contributed by atoms with Gasteiger partial charge in [-0.15, -0.1) is 0 Å². The number of morpholine rings is 1. The number of nitro benzene ring substituents is 1. The number of halogens is 1. The molecule has 3 aromatic carbocycles. The summed E-state index contributed by atoms with van der Waals surface area (Å²) in [4.78, 5) is 42.9. The largest absolute Gasteiger partial charge is 0.476 e. The molecular weight excluding hydrogens is 894 g/mol. The number of fused-ring (bicyclic) bond motifs is 3. The van der Waals surface area contributed by atoms with E-state index in [0.717, 1.165) is 87.2 Å². The van der Waals surface area contributed by atoms with Crippen LogP contribution in [0, 0.1) is 15.5 Å². The molecule has 2 fully saturated rings. The molecule has 2 saturated heterocycles. The lowest BCUT2D eigenvalue weighted by molar-refractivity contribution is -0.384. The fraction of sp³-hybridized carbons (Fsp3) is 0.429. The van der Waals surface area contributed by atoms with Gasteiger partial charge in [-0.2, -0.15) is 4.98 Å². The van der Waals surface area contributed by atoms with Crippen LogP contribution in [-0.4, -0.2) is 124 Å². The number of benzene rings is 3. The highest BCUT2D eigenvalue weighted by Crippen LogP contribution is 2.44. The molecule has 0 unspecified atom stereocenters. The Labute approximate surface area is 395 Å². The third-order valence-corrected chi connectivity index (χ3v) is 15.4. The van der Waals surface area contributed by atoms with Crippen LogP contribution in [0.3, 0.4) is 0 Å². The minimum atomic E-state index is -4.59. The minimum absolute atomic E-state index is 0.123. The van der Waals surface area contributed by atoms with Crippen LogP contribution >= 0.6 is 11.6 Å². The number of anilines is 4. The third-order valence-electron chi connectivity index (χ3n) is 13.9. The second-order valence-corrected chi connectivity index (χ2v) is 21.2. The molecule has 18 heteroatoms. The van der Waals surface area contributed by atoms with Crippen molar-refractivity contribution in [3.05, 3.63) is 110 Å². The molecular formula is C49H56ClN9O7S. The van der Waals surface area contributed by atoms with Gasteiger partial charge < -0.3 is 29.6 Å². The first-order valence-corrected chi connectivity index (χ1v) is 25.0. The van der Waals surface area contributed by atoms with E-state index < -0.39 is 20.9 Å². The number of hydrogen-bond acceptors (Lipinski definition) is 13. The summed E-state index contributed by atoms with van der Waals surface area (Å²) in [5.41, 5.74) is 7.64. The van der Waals surface area contributed by atoms with Crippen molar-refractivity contribution in [2.45, 2.75) is 56.9 Å². The number of allylic oxidation sites excluding steroid dienone is 1. The zero-order valence-corrected chi connectivity index (χ0v) is 39.4. The van der Waals surface area contributed by atoms with Gasteiger partial charge in [0, 0.05) is 93.3 Å². The maximum absolute atomic E-state index is 14.5. The molecule has 5 aliphatic rings. The molecule has 16 nitrogen and oxygen atoms in total. The maximum Gasteiger partial charge on any atom is 0.293 e. The lowest BCUT2D eigenvalue weighted by Crippen LogP contribution is -2.47. The SMILES string of the molecule is CC1(C)CCC(CN2CCN(c3ccc(C(=O)NS(=O)(=O)c4cc5c(c([N+](=O)[O-])c4)N[C@@H](CN4CCOCC4)C5)c(N4CCCOc5nc6[nH]ccc6cc54)c3)CC2)=C(c2ccc(Cl)cc2)C1. The Hall–Kier alpha value is -5.72. The number of carbonyl (C=O) groups is 1. The van der Waals surface area contributed by atoms with Crippen LogP contribution in [0.5, 0.6) is 5.88 Å². The van der Waals surface area contributed by atoms with Crippen molar-refractivity contribution in [3.63, 3.8) is 0 Å². The number of ether oxygens (including phenoxy) is 2. The van der Waals surface area contributed by atoms with Gasteiger partial charge in [-0.1, -0.05) is 43.2 Å². The number of hydrogen-bond donors (Lipinski definition) is 3. The Bertz CT molecular complexity index is 2860. The zero-order chi connectivity index (χ0) is 46.5. The molecule has 5 aromatic rings. The van der Waals surface area contributed by atoms with Crippen LogP contribution in [0.25, 0.3) is 16.6 Å². The normalized spacial score (nSPS) is 20.2. The van der Waals surface area contributed by atoms with Crippen molar-refractivity contribution in [2.24, 2.45) is 5.41 Å². The van der Waals surface area contributed by atoms with E-state index >= 15 is 0 Å². The van der Waals surface area contributed by atoms with Crippen LogP contribution in [0.1, 0.15) is 61.0 Å². The summed E-state index contributed by atoms with van der Waals surface area (Å²) in [5, 5.41) is 17.2. The summed E-state index contributed by atoms with van der Waals surface area (Å²) in [6.45, 7) is 13.0. The first kappa shape index (κ1) is 45.1. The van der Waals surface area contributed by atoms with E-state index in [1.807, 2.05) is 41.3 Å². The average molecular weight is 951 g/mol. The first-order chi connectivity index (χ1) is 32.3. The fourth-order valence-corrected chi connectivity index (χ4v) is 11.5. The van der Waals surface area contributed by atoms with E-state index in [2.05, 4.69) is 55.7 Å². The Morgan fingerprint density at radius 1 is 0.955 bits per heavy atom. The molecule has 1 amide bonds. The molecule has 0 radical (unpaired) electrons. The van der Waals surface area contributed by atoms with Gasteiger partial charge in [0.05, 0.1) is 40.9 Å². The predicted octanol–water partition coefficient (Wildman–Crippen LogP) is 7.62. The Balaban J connectivity index is 0.930. The van der Waals surface area contributed by atoms with Crippen LogP contribution in [-0.2, 0) is 21.2 Å². The van der Waals surface area contributed by atoms with Crippen LogP contribution in [0.4, 0.5) is 28.4 Å². The van der Waals surface area contributed by atoms with E-state index in [4.69, 9.17) is 26.1 Å². The van der Waals surface area contributed by atoms with Crippen LogP contribution in [0.2, 0.25) is 5.02 Å². The van der Waals surface area contributed by atoms with Crippen molar-refractivity contribution in [1.29, 1.82) is 0 Å². The molecule has 0 bridgehead atoms. The smallest absolute Gasteiger partial charge is 0.293 e. The number of nitrogens with one attached hydrogen (secondary N) is 3. The zero-order valence-electron chi connectivity index (χ0n) is 37.9. The number of piperazine rings is 1. The number of nitrogens with zero attached hydrogens (tertiary/aromatic N) is 6. The average Bonchev–Trinajstić information content (AvgIpc) is 3.90. The summed E-state index contributed by atoms with van der Waals surface area (Å²) in [6.07, 6.45) is 6.01. The van der Waals surface area contributed by atoms with Gasteiger partial charge >= 0.3 is 0 Å². The highest BCUT2D eigenvalue weighted by Gasteiger charge is 2.35. The molecule has 0 saturated carbocycles. The number of amides is 1. The molecule has 3 N–H and O–H groups in total. The summed E-state index contributed by atoms with van der Waals surface area (Å²) in [5.74, 6) is -0.463. The standard InChI is InChI=1S/C49H56ClN9O7S/c1-49(2)12-10-34(41(29-49)32-4-6-36(50)7-5-32)30-55-15-17-57(18-16-55)38-8-9-40(42(27-38)58-14-3-21-66-48-44(58)26-33-11-13-51-46(33)53-48)47(60)54-67(63,64)39-25-35-24-37(31-56-19-22-65-23-20-56)52-45(35)43(28-39)59(61)62/h4-9,11,13,25-28,37,52H,3,10,12,14-24,29-31H2,1-2H3,(H,51,53)(H,54,60)/t37-/m1/s1. The van der Waals surface area contributed by atoms with E-state index in [9.17, 15) is 23.3 Å². The monoisotopic (exact) mass is 949 g/mol. The highest BCUT2D eigenvalue weighted by molar-refractivity contribution is 7.90. The predicted molar refractivity (Wildman–Crippen MR) is 260 cm³/mol. The number of sulfonamides is 1. The second kappa shape index (κ2) is 18.4.